The van der Waals surface area contributed by atoms with Crippen LogP contribution in [-0.2, 0) is 16.4 Å². The number of halogens is 3. The molecule has 3 aromatic rings. The summed E-state index contributed by atoms with van der Waals surface area (Å²) < 4.78 is 42.9. The number of nitrogens with one attached hydrogen (secondary N) is 2. The third-order valence-corrected chi connectivity index (χ3v) is 7.17. The molecule has 5 nitrogen and oxygen atoms in total. The second-order valence-electron chi connectivity index (χ2n) is 7.11. The van der Waals surface area contributed by atoms with Crippen molar-refractivity contribution in [1.29, 1.82) is 0 Å². The summed E-state index contributed by atoms with van der Waals surface area (Å²) in [6.07, 6.45) is 1.05. The predicted octanol–water partition coefficient (Wildman–Crippen LogP) is 5.68. The topological polar surface area (TPSA) is 75.3 Å². The molecule has 0 spiro atoms. The first kappa shape index (κ1) is 24.2. The Hall–Kier alpha value is -2.45. The number of sulfonamides is 1. The number of hydrogen-bond donors (Lipinski definition) is 2. The Bertz CT molecular complexity index is 1220. The van der Waals surface area contributed by atoms with E-state index in [4.69, 9.17) is 23.2 Å². The van der Waals surface area contributed by atoms with E-state index in [1.807, 2.05) is 37.3 Å². The van der Waals surface area contributed by atoms with Gasteiger partial charge in [0.25, 0.3) is 5.91 Å². The molecule has 0 radical (unpaired) electrons. The van der Waals surface area contributed by atoms with Crippen molar-refractivity contribution >= 4 is 44.8 Å². The van der Waals surface area contributed by atoms with Crippen LogP contribution in [0.4, 0.5) is 10.1 Å². The molecule has 2 N–H and O–H groups in total. The highest BCUT2D eigenvalue weighted by Crippen LogP contribution is 2.30. The molecule has 0 saturated heterocycles. The van der Waals surface area contributed by atoms with Gasteiger partial charge >= 0.3 is 0 Å². The average Bonchev–Trinajstić information content (AvgIpc) is 2.77. The fraction of sp³-hybridized carbons (Fsp3) is 0.174. The van der Waals surface area contributed by atoms with Crippen LogP contribution in [-0.4, -0.2) is 20.4 Å². The van der Waals surface area contributed by atoms with Crippen LogP contribution < -0.4 is 10.0 Å². The van der Waals surface area contributed by atoms with Gasteiger partial charge in [0, 0.05) is 6.04 Å². The number of hydrogen-bond acceptors (Lipinski definition) is 3. The van der Waals surface area contributed by atoms with Crippen molar-refractivity contribution in [2.45, 2.75) is 30.7 Å². The number of rotatable bonds is 8. The standard InChI is InChI=1S/C23H21Cl2FN2O3S/c1-2-16(13-15-7-4-3-5-8-15)28-32(30,31)17-11-12-20(26)18(14-17)23(29)27-21-10-6-9-19(24)22(21)25/h3-12,14,16,28H,2,13H2,1H3,(H,27,29)/t16-/m0/s1. The lowest BCUT2D eigenvalue weighted by atomic mass is 10.1. The lowest BCUT2D eigenvalue weighted by Crippen LogP contribution is -2.36. The monoisotopic (exact) mass is 494 g/mol. The van der Waals surface area contributed by atoms with E-state index < -0.39 is 27.3 Å². The molecule has 1 atom stereocenters. The Morgan fingerprint density at radius 1 is 1.03 bits per heavy atom. The Kier molecular flexibility index (Phi) is 7.90. The molecule has 32 heavy (non-hydrogen) atoms. The van der Waals surface area contributed by atoms with E-state index in [1.165, 1.54) is 6.07 Å². The molecule has 0 aliphatic heterocycles. The second-order valence-corrected chi connectivity index (χ2v) is 9.61. The molecule has 0 bridgehead atoms. The van der Waals surface area contributed by atoms with Gasteiger partial charge in [-0.1, -0.05) is 66.5 Å². The molecule has 0 saturated carbocycles. The maximum Gasteiger partial charge on any atom is 0.258 e. The van der Waals surface area contributed by atoms with E-state index in [0.29, 0.717) is 12.8 Å². The van der Waals surface area contributed by atoms with E-state index in [2.05, 4.69) is 10.0 Å². The van der Waals surface area contributed by atoms with E-state index in [-0.39, 0.29) is 26.7 Å². The number of carbonyl (C=O) groups excluding carboxylic acids is 1. The molecule has 3 aromatic carbocycles. The molecule has 0 aliphatic rings. The summed E-state index contributed by atoms with van der Waals surface area (Å²) in [6, 6.07) is 16.8. The molecule has 0 fully saturated rings. The number of anilines is 1. The summed E-state index contributed by atoms with van der Waals surface area (Å²) in [5.41, 5.74) is 0.739. The van der Waals surface area contributed by atoms with Crippen LogP contribution >= 0.6 is 23.2 Å². The fourth-order valence-corrected chi connectivity index (χ4v) is 4.78. The summed E-state index contributed by atoms with van der Waals surface area (Å²) >= 11 is 12.0. The van der Waals surface area contributed by atoms with Gasteiger partial charge in [-0.25, -0.2) is 17.5 Å². The zero-order valence-electron chi connectivity index (χ0n) is 17.1. The fourth-order valence-electron chi connectivity index (χ4n) is 3.09. The van der Waals surface area contributed by atoms with Gasteiger partial charge in [0.15, 0.2) is 0 Å². The van der Waals surface area contributed by atoms with Gasteiger partial charge in [-0.15, -0.1) is 0 Å². The second kappa shape index (κ2) is 10.4. The van der Waals surface area contributed by atoms with Crippen molar-refractivity contribution in [2.75, 3.05) is 5.32 Å². The normalized spacial score (nSPS) is 12.4. The molecule has 0 heterocycles. The van der Waals surface area contributed by atoms with Crippen LogP contribution in [0.5, 0.6) is 0 Å². The average molecular weight is 495 g/mol. The van der Waals surface area contributed by atoms with Gasteiger partial charge in [-0.05, 0) is 48.7 Å². The molecule has 168 valence electrons. The number of carbonyl (C=O) groups is 1. The van der Waals surface area contributed by atoms with Crippen LogP contribution in [0, 0.1) is 5.82 Å². The van der Waals surface area contributed by atoms with Crippen molar-refractivity contribution in [3.63, 3.8) is 0 Å². The maximum absolute atomic E-state index is 14.4. The molecule has 1 amide bonds. The highest BCUT2D eigenvalue weighted by molar-refractivity contribution is 7.89. The van der Waals surface area contributed by atoms with Crippen molar-refractivity contribution in [1.82, 2.24) is 4.72 Å². The van der Waals surface area contributed by atoms with Gasteiger partial charge < -0.3 is 5.32 Å². The van der Waals surface area contributed by atoms with E-state index in [9.17, 15) is 17.6 Å². The first-order valence-electron chi connectivity index (χ1n) is 9.82. The first-order valence-corrected chi connectivity index (χ1v) is 12.1. The molecule has 3 rings (SSSR count). The zero-order chi connectivity index (χ0) is 23.3. The summed E-state index contributed by atoms with van der Waals surface area (Å²) in [7, 11) is -4.00. The number of benzene rings is 3. The highest BCUT2D eigenvalue weighted by Gasteiger charge is 2.23. The van der Waals surface area contributed by atoms with E-state index in [0.717, 1.165) is 23.8 Å². The first-order chi connectivity index (χ1) is 15.2. The molecule has 0 aliphatic carbocycles. The third kappa shape index (κ3) is 5.86. The summed E-state index contributed by atoms with van der Waals surface area (Å²) in [6.45, 7) is 1.87. The lowest BCUT2D eigenvalue weighted by molar-refractivity contribution is 0.102. The van der Waals surface area contributed by atoms with Crippen LogP contribution in [0.15, 0.2) is 71.6 Å². The smallest absolute Gasteiger partial charge is 0.258 e. The van der Waals surface area contributed by atoms with Crippen LogP contribution in [0.2, 0.25) is 10.0 Å². The van der Waals surface area contributed by atoms with Crippen LogP contribution in [0.3, 0.4) is 0 Å². The number of amides is 1. The van der Waals surface area contributed by atoms with Crippen LogP contribution in [0.25, 0.3) is 0 Å². The quantitative estimate of drug-likeness (QED) is 0.422. The summed E-state index contributed by atoms with van der Waals surface area (Å²) in [5, 5.41) is 2.78. The molecular weight excluding hydrogens is 474 g/mol. The lowest BCUT2D eigenvalue weighted by Gasteiger charge is -2.18. The Morgan fingerprint density at radius 3 is 2.44 bits per heavy atom. The molecule has 0 aromatic heterocycles. The zero-order valence-corrected chi connectivity index (χ0v) is 19.4. The van der Waals surface area contributed by atoms with Gasteiger partial charge in [-0.2, -0.15) is 0 Å². The minimum absolute atomic E-state index is 0.0973. The third-order valence-electron chi connectivity index (χ3n) is 4.83. The van der Waals surface area contributed by atoms with Crippen molar-refractivity contribution in [2.24, 2.45) is 0 Å². The van der Waals surface area contributed by atoms with Crippen molar-refractivity contribution in [3.05, 3.63) is 93.7 Å². The minimum Gasteiger partial charge on any atom is -0.320 e. The van der Waals surface area contributed by atoms with Gasteiger partial charge in [0.1, 0.15) is 5.82 Å². The Labute approximate surface area is 196 Å². The molecule has 0 unspecified atom stereocenters. The summed E-state index contributed by atoms with van der Waals surface area (Å²) in [5.74, 6) is -1.71. The predicted molar refractivity (Wildman–Crippen MR) is 125 cm³/mol. The molecule has 9 heteroatoms. The summed E-state index contributed by atoms with van der Waals surface area (Å²) in [4.78, 5) is 12.4. The van der Waals surface area contributed by atoms with Crippen LogP contribution in [0.1, 0.15) is 29.3 Å². The largest absolute Gasteiger partial charge is 0.320 e. The SMILES string of the molecule is CC[C@@H](Cc1ccccc1)NS(=O)(=O)c1ccc(F)c(C(=O)Nc2cccc(Cl)c2Cl)c1. The highest BCUT2D eigenvalue weighted by atomic mass is 35.5. The Balaban J connectivity index is 1.82. The maximum atomic E-state index is 14.4. The van der Waals surface area contributed by atoms with Crippen molar-refractivity contribution < 1.29 is 17.6 Å². The Morgan fingerprint density at radius 2 is 1.75 bits per heavy atom. The van der Waals surface area contributed by atoms with Gasteiger partial charge in [-0.3, -0.25) is 4.79 Å². The van der Waals surface area contributed by atoms with Crippen molar-refractivity contribution in [3.8, 4) is 0 Å². The molecular formula is C23H21Cl2FN2O3S. The van der Waals surface area contributed by atoms with Gasteiger partial charge in [0.05, 0.1) is 26.2 Å². The van der Waals surface area contributed by atoms with Gasteiger partial charge in [0.2, 0.25) is 10.0 Å². The van der Waals surface area contributed by atoms with E-state index in [1.54, 1.807) is 12.1 Å². The van der Waals surface area contributed by atoms with E-state index >= 15 is 0 Å². The minimum atomic E-state index is -4.00.